The SMILES string of the molecule is CC(OC(=O)c1c2c(nc3ccccc13)CCN(C(C)C)C2)C(=O)Nc1nc(-c2cccc([N+](=O)[O-])c2)cs1. The van der Waals surface area contributed by atoms with E-state index in [0.29, 0.717) is 39.9 Å². The number of nitro groups is 1. The first-order chi connectivity index (χ1) is 18.7. The van der Waals surface area contributed by atoms with E-state index in [-0.39, 0.29) is 5.69 Å². The standard InChI is InChI=1S/C28H27N5O5S/c1-16(2)32-12-11-23-21(14-32)25(20-9-4-5-10-22(20)29-23)27(35)38-17(3)26(34)31-28-30-24(15-39-28)18-7-6-8-19(13-18)33(36)37/h4-10,13,15-17H,11-12,14H2,1-3H3,(H,30,31,34). The number of fused-ring (bicyclic) bond motifs is 2. The van der Waals surface area contributed by atoms with Crippen molar-refractivity contribution >= 4 is 44.9 Å². The Labute approximate surface area is 228 Å². The summed E-state index contributed by atoms with van der Waals surface area (Å²) in [4.78, 5) is 48.5. The number of nitro benzene ring substituents is 1. The van der Waals surface area contributed by atoms with Crippen molar-refractivity contribution in [1.29, 1.82) is 0 Å². The van der Waals surface area contributed by atoms with Gasteiger partial charge in [0.05, 0.1) is 21.7 Å². The number of anilines is 1. The highest BCUT2D eigenvalue weighted by atomic mass is 32.1. The lowest BCUT2D eigenvalue weighted by molar-refractivity contribution is -0.384. The topological polar surface area (TPSA) is 128 Å². The molecule has 0 aliphatic carbocycles. The van der Waals surface area contributed by atoms with Crippen molar-refractivity contribution in [2.45, 2.75) is 45.9 Å². The summed E-state index contributed by atoms with van der Waals surface area (Å²) in [6.07, 6.45) is -0.360. The van der Waals surface area contributed by atoms with Crippen LogP contribution < -0.4 is 5.32 Å². The van der Waals surface area contributed by atoms with Gasteiger partial charge in [0.2, 0.25) is 0 Å². The van der Waals surface area contributed by atoms with E-state index in [2.05, 4.69) is 29.0 Å². The second-order valence-corrected chi connectivity index (χ2v) is 10.5. The van der Waals surface area contributed by atoms with E-state index in [4.69, 9.17) is 9.72 Å². The third kappa shape index (κ3) is 5.50. The molecule has 1 N–H and O–H groups in total. The second kappa shape index (κ2) is 10.9. The van der Waals surface area contributed by atoms with Crippen LogP contribution in [0.2, 0.25) is 0 Å². The minimum atomic E-state index is -1.09. The molecule has 0 fully saturated rings. The van der Waals surface area contributed by atoms with E-state index in [1.165, 1.54) is 30.4 Å². The van der Waals surface area contributed by atoms with Gasteiger partial charge in [0.15, 0.2) is 11.2 Å². The van der Waals surface area contributed by atoms with Crippen molar-refractivity contribution < 1.29 is 19.2 Å². The molecule has 0 bridgehead atoms. The van der Waals surface area contributed by atoms with Crippen molar-refractivity contribution in [2.24, 2.45) is 0 Å². The highest BCUT2D eigenvalue weighted by Crippen LogP contribution is 2.30. The number of hydrogen-bond acceptors (Lipinski definition) is 9. The van der Waals surface area contributed by atoms with Crippen LogP contribution in [-0.2, 0) is 22.5 Å². The van der Waals surface area contributed by atoms with Gasteiger partial charge < -0.3 is 4.74 Å². The van der Waals surface area contributed by atoms with E-state index in [1.54, 1.807) is 17.5 Å². The lowest BCUT2D eigenvalue weighted by Crippen LogP contribution is -2.37. The largest absolute Gasteiger partial charge is 0.449 e. The smallest absolute Gasteiger partial charge is 0.339 e. The molecule has 4 aromatic rings. The number of aromatic nitrogens is 2. The number of amides is 1. The molecule has 1 amide bonds. The number of para-hydroxylation sites is 1. The predicted octanol–water partition coefficient (Wildman–Crippen LogP) is 5.22. The number of carbonyl (C=O) groups is 2. The number of thiazole rings is 1. The quantitative estimate of drug-likeness (QED) is 0.190. The maximum absolute atomic E-state index is 13.5. The molecule has 2 aromatic heterocycles. The normalized spacial score (nSPS) is 14.2. The Morgan fingerprint density at radius 1 is 1.13 bits per heavy atom. The number of nitrogens with zero attached hydrogens (tertiary/aromatic N) is 4. The molecule has 2 aromatic carbocycles. The summed E-state index contributed by atoms with van der Waals surface area (Å²) in [7, 11) is 0. The number of rotatable bonds is 7. The molecule has 0 saturated heterocycles. The Balaban J connectivity index is 1.34. The Bertz CT molecular complexity index is 1580. The van der Waals surface area contributed by atoms with Crippen LogP contribution in [0.4, 0.5) is 10.8 Å². The number of benzene rings is 2. The minimum Gasteiger partial charge on any atom is -0.449 e. The van der Waals surface area contributed by atoms with Gasteiger partial charge in [-0.2, -0.15) is 0 Å². The Kier molecular flexibility index (Phi) is 7.36. The first-order valence-corrected chi connectivity index (χ1v) is 13.5. The zero-order valence-electron chi connectivity index (χ0n) is 21.7. The van der Waals surface area contributed by atoms with Gasteiger partial charge in [-0.15, -0.1) is 11.3 Å². The van der Waals surface area contributed by atoms with Crippen LogP contribution in [0.5, 0.6) is 0 Å². The van der Waals surface area contributed by atoms with Gasteiger partial charge in [0, 0.05) is 65.3 Å². The number of nitrogens with one attached hydrogen (secondary N) is 1. The lowest BCUT2D eigenvalue weighted by atomic mass is 9.95. The maximum Gasteiger partial charge on any atom is 0.339 e. The van der Waals surface area contributed by atoms with Gasteiger partial charge >= 0.3 is 5.97 Å². The van der Waals surface area contributed by atoms with Gasteiger partial charge in [-0.05, 0) is 26.8 Å². The third-order valence-electron chi connectivity index (χ3n) is 6.75. The van der Waals surface area contributed by atoms with Crippen LogP contribution in [0.3, 0.4) is 0 Å². The number of pyridine rings is 1. The Morgan fingerprint density at radius 3 is 2.69 bits per heavy atom. The molecule has 1 aliphatic heterocycles. The van der Waals surface area contributed by atoms with Crippen molar-refractivity contribution in [2.75, 3.05) is 11.9 Å². The van der Waals surface area contributed by atoms with E-state index in [0.717, 1.165) is 29.7 Å². The van der Waals surface area contributed by atoms with E-state index >= 15 is 0 Å². The fraction of sp³-hybridized carbons (Fsp3) is 0.286. The first-order valence-electron chi connectivity index (χ1n) is 12.6. The van der Waals surface area contributed by atoms with E-state index in [9.17, 15) is 19.7 Å². The average molecular weight is 546 g/mol. The third-order valence-corrected chi connectivity index (χ3v) is 7.51. The van der Waals surface area contributed by atoms with Crippen LogP contribution in [-0.4, -0.2) is 50.4 Å². The molecule has 1 atom stereocenters. The molecule has 1 aliphatic rings. The molecule has 10 nitrogen and oxygen atoms in total. The van der Waals surface area contributed by atoms with Crippen molar-refractivity contribution in [1.82, 2.24) is 14.9 Å². The second-order valence-electron chi connectivity index (χ2n) is 9.63. The molecule has 3 heterocycles. The van der Waals surface area contributed by atoms with Crippen molar-refractivity contribution in [3.05, 3.63) is 80.8 Å². The molecule has 200 valence electrons. The summed E-state index contributed by atoms with van der Waals surface area (Å²) >= 11 is 1.18. The monoisotopic (exact) mass is 545 g/mol. The number of esters is 1. The average Bonchev–Trinajstić information content (AvgIpc) is 3.39. The predicted molar refractivity (Wildman–Crippen MR) is 149 cm³/mol. The van der Waals surface area contributed by atoms with Gasteiger partial charge in [-0.25, -0.2) is 9.78 Å². The summed E-state index contributed by atoms with van der Waals surface area (Å²) in [5, 5.41) is 16.5. The molecular weight excluding hydrogens is 518 g/mol. The summed E-state index contributed by atoms with van der Waals surface area (Å²) < 4.78 is 5.68. The Hall–Kier alpha value is -4.22. The fourth-order valence-electron chi connectivity index (χ4n) is 4.61. The minimum absolute atomic E-state index is 0.0473. The molecule has 5 rings (SSSR count). The highest BCUT2D eigenvalue weighted by Gasteiger charge is 2.29. The first kappa shape index (κ1) is 26.4. The molecule has 11 heteroatoms. The lowest BCUT2D eigenvalue weighted by Gasteiger charge is -2.32. The summed E-state index contributed by atoms with van der Waals surface area (Å²) in [6.45, 7) is 7.18. The molecular formula is C28H27N5O5S. The van der Waals surface area contributed by atoms with Gasteiger partial charge in [0.1, 0.15) is 0 Å². The number of hydrogen-bond donors (Lipinski definition) is 1. The molecule has 1 unspecified atom stereocenters. The summed E-state index contributed by atoms with van der Waals surface area (Å²) in [5.41, 5.74) is 3.89. The van der Waals surface area contributed by atoms with Gasteiger partial charge in [-0.1, -0.05) is 30.3 Å². The van der Waals surface area contributed by atoms with E-state index < -0.39 is 22.9 Å². The zero-order chi connectivity index (χ0) is 27.7. The van der Waals surface area contributed by atoms with Gasteiger partial charge in [0.25, 0.3) is 11.6 Å². The molecule has 0 saturated carbocycles. The van der Waals surface area contributed by atoms with E-state index in [1.807, 2.05) is 24.3 Å². The van der Waals surface area contributed by atoms with Crippen LogP contribution in [0, 0.1) is 10.1 Å². The van der Waals surface area contributed by atoms with Crippen molar-refractivity contribution in [3.63, 3.8) is 0 Å². The van der Waals surface area contributed by atoms with Crippen LogP contribution in [0.15, 0.2) is 53.9 Å². The molecule has 39 heavy (non-hydrogen) atoms. The Morgan fingerprint density at radius 2 is 1.92 bits per heavy atom. The van der Waals surface area contributed by atoms with Gasteiger partial charge in [-0.3, -0.25) is 30.1 Å². The maximum atomic E-state index is 13.5. The number of carbonyl (C=O) groups excluding carboxylic acids is 2. The fourth-order valence-corrected chi connectivity index (χ4v) is 5.33. The highest BCUT2D eigenvalue weighted by molar-refractivity contribution is 7.14. The van der Waals surface area contributed by atoms with Crippen LogP contribution in [0.1, 0.15) is 42.4 Å². The summed E-state index contributed by atoms with van der Waals surface area (Å²) in [5.74, 6) is -1.10. The van der Waals surface area contributed by atoms with Crippen LogP contribution in [0.25, 0.3) is 22.2 Å². The number of non-ortho nitro benzene ring substituents is 1. The molecule has 0 spiro atoms. The summed E-state index contributed by atoms with van der Waals surface area (Å²) in [6, 6.07) is 13.9. The van der Waals surface area contributed by atoms with Crippen LogP contribution >= 0.6 is 11.3 Å². The van der Waals surface area contributed by atoms with Crippen molar-refractivity contribution in [3.8, 4) is 11.3 Å². The zero-order valence-corrected chi connectivity index (χ0v) is 22.5. The number of ether oxygens (including phenoxy) is 1. The molecule has 0 radical (unpaired) electrons.